The molecule has 128 valence electrons. The maximum absolute atomic E-state index is 13.8. The fourth-order valence-electron chi connectivity index (χ4n) is 2.05. The molecule has 0 saturated carbocycles. The molecule has 0 heterocycles. The average molecular weight is 323 g/mol. The Morgan fingerprint density at radius 3 is 2.83 bits per heavy atom. The fraction of sp³-hybridized carbons (Fsp3) is 0.500. The van der Waals surface area contributed by atoms with Gasteiger partial charge in [-0.25, -0.2) is 4.39 Å². The second-order valence-electron chi connectivity index (χ2n) is 5.79. The van der Waals surface area contributed by atoms with Crippen LogP contribution in [0.4, 0.5) is 4.39 Å². The lowest BCUT2D eigenvalue weighted by Gasteiger charge is -2.10. The van der Waals surface area contributed by atoms with E-state index in [1.165, 1.54) is 13.2 Å². The third-order valence-corrected chi connectivity index (χ3v) is 3.34. The number of phenols is 1. The largest absolute Gasteiger partial charge is 0.504 e. The lowest BCUT2D eigenvalue weighted by Crippen LogP contribution is -2.31. The summed E-state index contributed by atoms with van der Waals surface area (Å²) in [6, 6.07) is 4.75. The van der Waals surface area contributed by atoms with Gasteiger partial charge in [0.25, 0.3) is 5.91 Å². The van der Waals surface area contributed by atoms with Crippen molar-refractivity contribution in [3.05, 3.63) is 35.9 Å². The number of methoxy groups -OCH3 is 1. The summed E-state index contributed by atoms with van der Waals surface area (Å²) < 4.78 is 18.8. The van der Waals surface area contributed by atoms with Gasteiger partial charge in [-0.15, -0.1) is 0 Å². The Balaban J connectivity index is 2.35. The molecule has 0 unspecified atom stereocenters. The minimum atomic E-state index is -1.50. The number of phenolic OH excluding ortho intramolecular Hbond substituents is 1. The van der Waals surface area contributed by atoms with Crippen LogP contribution in [0.25, 0.3) is 0 Å². The van der Waals surface area contributed by atoms with E-state index >= 15 is 0 Å². The number of alkyl halides is 1. The molecule has 0 saturated heterocycles. The Bertz CT molecular complexity index is 529. The van der Waals surface area contributed by atoms with Crippen LogP contribution in [0.5, 0.6) is 11.5 Å². The van der Waals surface area contributed by atoms with Crippen molar-refractivity contribution in [1.29, 1.82) is 0 Å². The number of nitrogens with one attached hydrogen (secondary N) is 1. The van der Waals surface area contributed by atoms with Gasteiger partial charge in [-0.2, -0.15) is 0 Å². The van der Waals surface area contributed by atoms with Crippen LogP contribution in [0.3, 0.4) is 0 Å². The summed E-state index contributed by atoms with van der Waals surface area (Å²) in [5, 5.41) is 12.1. The van der Waals surface area contributed by atoms with Crippen LogP contribution in [-0.2, 0) is 11.3 Å². The number of ether oxygens (including phenoxy) is 1. The molecule has 1 aromatic carbocycles. The van der Waals surface area contributed by atoms with E-state index in [4.69, 9.17) is 4.74 Å². The van der Waals surface area contributed by atoms with Crippen LogP contribution < -0.4 is 10.1 Å². The minimum absolute atomic E-state index is 0.0281. The molecule has 0 aliphatic heterocycles. The quantitative estimate of drug-likeness (QED) is 0.538. The maximum atomic E-state index is 13.8. The Hall–Kier alpha value is -2.04. The molecular weight excluding hydrogens is 297 g/mol. The topological polar surface area (TPSA) is 58.6 Å². The number of halogens is 1. The molecule has 1 aromatic rings. The summed E-state index contributed by atoms with van der Waals surface area (Å²) in [4.78, 5) is 11.7. The second kappa shape index (κ2) is 9.87. The molecule has 0 aliphatic carbocycles. The number of benzene rings is 1. The molecule has 0 bridgehead atoms. The summed E-state index contributed by atoms with van der Waals surface area (Å²) in [5.41, 5.74) is 0.736. The summed E-state index contributed by atoms with van der Waals surface area (Å²) in [6.45, 7) is 4.36. The number of unbranched alkanes of at least 4 members (excludes halogenated alkanes) is 1. The summed E-state index contributed by atoms with van der Waals surface area (Å²) >= 11 is 0. The Morgan fingerprint density at radius 2 is 2.17 bits per heavy atom. The van der Waals surface area contributed by atoms with Gasteiger partial charge in [-0.3, -0.25) is 4.79 Å². The molecular formula is C18H26FNO3. The van der Waals surface area contributed by atoms with Crippen molar-refractivity contribution in [2.75, 3.05) is 7.11 Å². The third-order valence-electron chi connectivity index (χ3n) is 3.34. The van der Waals surface area contributed by atoms with Gasteiger partial charge in [-0.05, 0) is 42.9 Å². The number of amides is 1. The number of hydrogen-bond donors (Lipinski definition) is 2. The summed E-state index contributed by atoms with van der Waals surface area (Å²) in [5.74, 6) is 0.234. The van der Waals surface area contributed by atoms with Crippen molar-refractivity contribution in [2.45, 2.75) is 45.8 Å². The molecule has 0 radical (unpaired) electrons. The van der Waals surface area contributed by atoms with E-state index in [1.54, 1.807) is 12.1 Å². The zero-order valence-corrected chi connectivity index (χ0v) is 14.0. The Labute approximate surface area is 137 Å². The van der Waals surface area contributed by atoms with Crippen molar-refractivity contribution in [1.82, 2.24) is 5.32 Å². The number of rotatable bonds is 9. The van der Waals surface area contributed by atoms with Crippen molar-refractivity contribution in [2.24, 2.45) is 5.92 Å². The lowest BCUT2D eigenvalue weighted by molar-refractivity contribution is -0.126. The van der Waals surface area contributed by atoms with Crippen molar-refractivity contribution >= 4 is 5.91 Å². The zero-order chi connectivity index (χ0) is 17.2. The van der Waals surface area contributed by atoms with Gasteiger partial charge in [-0.1, -0.05) is 32.1 Å². The van der Waals surface area contributed by atoms with Gasteiger partial charge in [0.1, 0.15) is 0 Å². The van der Waals surface area contributed by atoms with E-state index in [1.807, 2.05) is 6.08 Å². The molecule has 1 atom stereocenters. The Morgan fingerprint density at radius 1 is 1.43 bits per heavy atom. The maximum Gasteiger partial charge on any atom is 0.254 e. The highest BCUT2D eigenvalue weighted by Crippen LogP contribution is 2.26. The molecule has 1 rings (SSSR count). The SMILES string of the molecule is COc1cc(CNC(=O)[C@@H](F)CCC/C=C/C(C)C)ccc1O. The van der Waals surface area contributed by atoms with Crippen molar-refractivity contribution in [3.8, 4) is 11.5 Å². The van der Waals surface area contributed by atoms with Gasteiger partial charge < -0.3 is 15.2 Å². The number of carbonyl (C=O) groups excluding carboxylic acids is 1. The van der Waals surface area contributed by atoms with Gasteiger partial charge in [0.2, 0.25) is 0 Å². The molecule has 0 aromatic heterocycles. The number of hydrogen-bond acceptors (Lipinski definition) is 3. The molecule has 0 fully saturated rings. The minimum Gasteiger partial charge on any atom is -0.504 e. The van der Waals surface area contributed by atoms with E-state index < -0.39 is 12.1 Å². The number of allylic oxidation sites excluding steroid dienone is 2. The summed E-state index contributed by atoms with van der Waals surface area (Å²) in [7, 11) is 1.45. The molecule has 4 nitrogen and oxygen atoms in total. The van der Waals surface area contributed by atoms with Gasteiger partial charge in [0, 0.05) is 6.54 Å². The summed E-state index contributed by atoms with van der Waals surface area (Å²) in [6.07, 6.45) is 4.24. The monoisotopic (exact) mass is 323 g/mol. The first-order chi connectivity index (χ1) is 10.9. The standard InChI is InChI=1S/C18H26FNO3/c1-13(2)7-5-4-6-8-15(19)18(22)20-12-14-9-10-16(21)17(11-14)23-3/h5,7,9-11,13,15,21H,4,6,8,12H2,1-3H3,(H,20,22)/b7-5+/t15-/m0/s1. The number of aromatic hydroxyl groups is 1. The predicted molar refractivity (Wildman–Crippen MR) is 89.2 cm³/mol. The zero-order valence-electron chi connectivity index (χ0n) is 14.0. The number of carbonyl (C=O) groups is 1. The molecule has 0 aliphatic rings. The first-order valence-electron chi connectivity index (χ1n) is 7.88. The molecule has 23 heavy (non-hydrogen) atoms. The van der Waals surface area contributed by atoms with Crippen LogP contribution in [0, 0.1) is 5.92 Å². The van der Waals surface area contributed by atoms with E-state index in [-0.39, 0.29) is 18.7 Å². The van der Waals surface area contributed by atoms with Crippen LogP contribution in [0.15, 0.2) is 30.4 Å². The molecule has 5 heteroatoms. The first-order valence-corrected chi connectivity index (χ1v) is 7.88. The van der Waals surface area contributed by atoms with Crippen LogP contribution in [0.2, 0.25) is 0 Å². The lowest BCUT2D eigenvalue weighted by atomic mass is 10.1. The molecule has 2 N–H and O–H groups in total. The molecule has 1 amide bonds. The van der Waals surface area contributed by atoms with Crippen molar-refractivity contribution < 1.29 is 19.0 Å². The predicted octanol–water partition coefficient (Wildman–Crippen LogP) is 3.74. The van der Waals surface area contributed by atoms with E-state index in [2.05, 4.69) is 25.2 Å². The fourth-order valence-corrected chi connectivity index (χ4v) is 2.05. The highest BCUT2D eigenvalue weighted by Gasteiger charge is 2.16. The second-order valence-corrected chi connectivity index (χ2v) is 5.79. The highest BCUT2D eigenvalue weighted by atomic mass is 19.1. The van der Waals surface area contributed by atoms with E-state index in [9.17, 15) is 14.3 Å². The van der Waals surface area contributed by atoms with Gasteiger partial charge in [0.15, 0.2) is 17.7 Å². The smallest absolute Gasteiger partial charge is 0.254 e. The van der Waals surface area contributed by atoms with Crippen LogP contribution >= 0.6 is 0 Å². The normalized spacial score (nSPS) is 12.6. The Kier molecular flexibility index (Phi) is 8.16. The average Bonchev–Trinajstić information content (AvgIpc) is 2.52. The first kappa shape index (κ1) is 19.0. The van der Waals surface area contributed by atoms with E-state index in [0.717, 1.165) is 12.0 Å². The van der Waals surface area contributed by atoms with Crippen molar-refractivity contribution in [3.63, 3.8) is 0 Å². The van der Waals surface area contributed by atoms with Gasteiger partial charge in [0.05, 0.1) is 7.11 Å². The van der Waals surface area contributed by atoms with Crippen LogP contribution in [0.1, 0.15) is 38.7 Å². The van der Waals surface area contributed by atoms with Gasteiger partial charge >= 0.3 is 0 Å². The third kappa shape index (κ3) is 7.17. The van der Waals surface area contributed by atoms with E-state index in [0.29, 0.717) is 18.1 Å². The highest BCUT2D eigenvalue weighted by molar-refractivity contribution is 5.80. The van der Waals surface area contributed by atoms with Crippen LogP contribution in [-0.4, -0.2) is 24.3 Å². The molecule has 0 spiro atoms.